The zero-order valence-corrected chi connectivity index (χ0v) is 10.2. The number of ketones is 1. The zero-order valence-electron chi connectivity index (χ0n) is 10.2. The summed E-state index contributed by atoms with van der Waals surface area (Å²) in [7, 11) is 0. The van der Waals surface area contributed by atoms with Gasteiger partial charge in [-0.3, -0.25) is 4.79 Å². The number of hydrogen-bond donors (Lipinski definition) is 0. The van der Waals surface area contributed by atoms with Crippen LogP contribution >= 0.6 is 0 Å². The van der Waals surface area contributed by atoms with Gasteiger partial charge in [-0.25, -0.2) is 0 Å². The molecule has 0 aliphatic heterocycles. The molecule has 0 aromatic carbocycles. The van der Waals surface area contributed by atoms with Crippen LogP contribution in [-0.4, -0.2) is 10.6 Å². The molecule has 0 saturated carbocycles. The SMILES string of the molecule is CCC1(C)C(=[OH+])C(C)=C(C)C(C)=C1C. The lowest BCUT2D eigenvalue weighted by molar-refractivity contribution is 0.473. The summed E-state index contributed by atoms with van der Waals surface area (Å²) in [4.78, 5) is 10.2. The molecule has 1 nitrogen and oxygen atoms in total. The predicted molar refractivity (Wildman–Crippen MR) is 62.1 cm³/mol. The fourth-order valence-electron chi connectivity index (χ4n) is 2.18. The van der Waals surface area contributed by atoms with Crippen molar-refractivity contribution in [3.8, 4) is 0 Å². The highest BCUT2D eigenvalue weighted by Crippen LogP contribution is 2.42. The molecule has 1 aliphatic rings. The van der Waals surface area contributed by atoms with E-state index in [1.54, 1.807) is 0 Å². The maximum atomic E-state index is 10.2. The largest absolute Gasteiger partial charge is 0.329 e. The Morgan fingerprint density at radius 1 is 1.00 bits per heavy atom. The highest BCUT2D eigenvalue weighted by molar-refractivity contribution is 6.04. The van der Waals surface area contributed by atoms with Crippen molar-refractivity contribution in [2.45, 2.75) is 48.0 Å². The van der Waals surface area contributed by atoms with Crippen molar-refractivity contribution in [2.75, 3.05) is 0 Å². The van der Waals surface area contributed by atoms with E-state index in [9.17, 15) is 4.79 Å². The monoisotopic (exact) mass is 193 g/mol. The quantitative estimate of drug-likeness (QED) is 0.567. The first-order valence-electron chi connectivity index (χ1n) is 5.28. The summed E-state index contributed by atoms with van der Waals surface area (Å²) < 4.78 is 0. The van der Waals surface area contributed by atoms with E-state index in [0.717, 1.165) is 12.0 Å². The second-order valence-corrected chi connectivity index (χ2v) is 4.53. The lowest BCUT2D eigenvalue weighted by Crippen LogP contribution is -2.33. The fourth-order valence-corrected chi connectivity index (χ4v) is 2.18. The first-order chi connectivity index (χ1) is 6.36. The van der Waals surface area contributed by atoms with Crippen LogP contribution < -0.4 is 0 Å². The van der Waals surface area contributed by atoms with E-state index in [0.29, 0.717) is 5.78 Å². The van der Waals surface area contributed by atoms with Gasteiger partial charge in [0.2, 0.25) is 0 Å². The van der Waals surface area contributed by atoms with Crippen molar-refractivity contribution in [2.24, 2.45) is 5.41 Å². The van der Waals surface area contributed by atoms with E-state index in [2.05, 4.69) is 34.6 Å². The van der Waals surface area contributed by atoms with Gasteiger partial charge in [0.1, 0.15) is 5.41 Å². The lowest BCUT2D eigenvalue weighted by Gasteiger charge is -2.31. The molecule has 0 aromatic heterocycles. The van der Waals surface area contributed by atoms with Gasteiger partial charge in [0.25, 0.3) is 0 Å². The average molecular weight is 193 g/mol. The molecule has 1 heteroatoms. The van der Waals surface area contributed by atoms with E-state index in [4.69, 9.17) is 0 Å². The summed E-state index contributed by atoms with van der Waals surface area (Å²) >= 11 is 0. The normalized spacial score (nSPS) is 28.9. The molecule has 1 N–H and O–H groups in total. The molecule has 1 aliphatic carbocycles. The van der Waals surface area contributed by atoms with Crippen molar-refractivity contribution in [3.63, 3.8) is 0 Å². The van der Waals surface area contributed by atoms with E-state index in [-0.39, 0.29) is 5.41 Å². The van der Waals surface area contributed by atoms with Crippen molar-refractivity contribution >= 4 is 5.78 Å². The Balaban J connectivity index is 3.41. The lowest BCUT2D eigenvalue weighted by atomic mass is 9.68. The van der Waals surface area contributed by atoms with E-state index < -0.39 is 0 Å². The van der Waals surface area contributed by atoms with E-state index in [1.165, 1.54) is 16.7 Å². The molecule has 0 aromatic rings. The van der Waals surface area contributed by atoms with Gasteiger partial charge >= 0.3 is 5.78 Å². The van der Waals surface area contributed by atoms with Crippen molar-refractivity contribution < 1.29 is 4.79 Å². The van der Waals surface area contributed by atoms with Crippen molar-refractivity contribution in [3.05, 3.63) is 22.3 Å². The van der Waals surface area contributed by atoms with Crippen LogP contribution in [0, 0.1) is 5.41 Å². The van der Waals surface area contributed by atoms with Gasteiger partial charge in [-0.15, -0.1) is 0 Å². The molecule has 0 fully saturated rings. The van der Waals surface area contributed by atoms with Gasteiger partial charge < -0.3 is 0 Å². The standard InChI is InChI=1S/C13H20O/c1-7-13(6)11(5)9(3)8(2)10(4)12(13)14/h7H2,1-6H3/p+1. The summed E-state index contributed by atoms with van der Waals surface area (Å²) in [6.07, 6.45) is 0.951. The van der Waals surface area contributed by atoms with Gasteiger partial charge in [-0.2, -0.15) is 0 Å². The Morgan fingerprint density at radius 3 is 1.93 bits per heavy atom. The van der Waals surface area contributed by atoms with E-state index in [1.807, 2.05) is 6.92 Å². The topological polar surface area (TPSA) is 21.4 Å². The first kappa shape index (κ1) is 11.2. The summed E-state index contributed by atoms with van der Waals surface area (Å²) in [5.74, 6) is 0.556. The van der Waals surface area contributed by atoms with Crippen LogP contribution in [0.3, 0.4) is 0 Å². The van der Waals surface area contributed by atoms with Crippen LogP contribution in [0.25, 0.3) is 0 Å². The summed E-state index contributed by atoms with van der Waals surface area (Å²) in [6.45, 7) is 12.6. The Kier molecular flexibility index (Phi) is 2.71. The molecule has 78 valence electrons. The van der Waals surface area contributed by atoms with Crippen LogP contribution in [0.5, 0.6) is 0 Å². The molecule has 0 radical (unpaired) electrons. The third kappa shape index (κ3) is 1.26. The molecule has 1 atom stereocenters. The maximum Gasteiger partial charge on any atom is 0.329 e. The highest BCUT2D eigenvalue weighted by Gasteiger charge is 2.43. The Hall–Kier alpha value is -0.850. The van der Waals surface area contributed by atoms with Gasteiger partial charge in [-0.05, 0) is 52.2 Å². The second-order valence-electron chi connectivity index (χ2n) is 4.53. The summed E-state index contributed by atoms with van der Waals surface area (Å²) in [6, 6.07) is 0. The van der Waals surface area contributed by atoms with Gasteiger partial charge in [0.05, 0.1) is 5.57 Å². The zero-order chi connectivity index (χ0) is 11.1. The summed E-state index contributed by atoms with van der Waals surface area (Å²) in [5.41, 5.74) is 4.78. The average Bonchev–Trinajstić information content (AvgIpc) is 2.21. The molecular weight excluding hydrogens is 172 g/mol. The molecule has 0 heterocycles. The first-order valence-corrected chi connectivity index (χ1v) is 5.28. The Labute approximate surface area is 86.9 Å². The minimum atomic E-state index is -0.145. The van der Waals surface area contributed by atoms with Gasteiger partial charge in [0, 0.05) is 0 Å². The molecule has 1 unspecified atom stereocenters. The molecule has 0 spiro atoms. The molecule has 1 rings (SSSR count). The molecule has 14 heavy (non-hydrogen) atoms. The van der Waals surface area contributed by atoms with Crippen molar-refractivity contribution in [1.82, 2.24) is 0 Å². The third-order valence-electron chi connectivity index (χ3n) is 4.10. The van der Waals surface area contributed by atoms with E-state index >= 15 is 0 Å². The number of hydrogen-bond acceptors (Lipinski definition) is 0. The molecular formula is C13H21O+. The Morgan fingerprint density at radius 2 is 1.50 bits per heavy atom. The van der Waals surface area contributed by atoms with Gasteiger partial charge in [0.15, 0.2) is 0 Å². The smallest absolute Gasteiger partial charge is 0.278 e. The van der Waals surface area contributed by atoms with Gasteiger partial charge in [-0.1, -0.05) is 12.5 Å². The summed E-state index contributed by atoms with van der Waals surface area (Å²) in [5, 5.41) is 0. The highest BCUT2D eigenvalue weighted by atomic mass is 16.1. The molecule has 0 bridgehead atoms. The second kappa shape index (κ2) is 3.38. The number of rotatable bonds is 1. The van der Waals surface area contributed by atoms with Crippen LogP contribution in [0.1, 0.15) is 48.0 Å². The van der Waals surface area contributed by atoms with Crippen LogP contribution in [0.2, 0.25) is 0 Å². The Bertz CT molecular complexity index is 344. The third-order valence-corrected chi connectivity index (χ3v) is 4.10. The molecule has 0 saturated heterocycles. The van der Waals surface area contributed by atoms with Crippen molar-refractivity contribution in [1.29, 1.82) is 0 Å². The maximum absolute atomic E-state index is 10.2. The van der Waals surface area contributed by atoms with Crippen LogP contribution in [0.15, 0.2) is 22.3 Å². The fraction of sp³-hybridized carbons (Fsp3) is 0.615. The predicted octanol–water partition coefficient (Wildman–Crippen LogP) is 3.63. The number of carbonyl (C=O) groups excluding carboxylic acids is 1. The molecule has 0 amide bonds. The van der Waals surface area contributed by atoms with Crippen LogP contribution in [0.4, 0.5) is 0 Å². The minimum Gasteiger partial charge on any atom is -0.278 e. The number of allylic oxidation sites excluding steroid dienone is 4. The minimum absolute atomic E-state index is 0.145. The van der Waals surface area contributed by atoms with Crippen LogP contribution in [-0.2, 0) is 0 Å².